The zero-order valence-corrected chi connectivity index (χ0v) is 7.92. The summed E-state index contributed by atoms with van der Waals surface area (Å²) >= 11 is 5.02. The summed E-state index contributed by atoms with van der Waals surface area (Å²) in [6, 6.07) is 18.3. The fraction of sp³-hybridized carbons (Fsp3) is 0. The predicted molar refractivity (Wildman–Crippen MR) is 57.7 cm³/mol. The van der Waals surface area contributed by atoms with Crippen LogP contribution in [0.25, 0.3) is 11.1 Å². The molecule has 0 amide bonds. The molecule has 0 nitrogen and oxygen atoms in total. The first-order valence-electron chi connectivity index (χ1n) is 4.19. The highest BCUT2D eigenvalue weighted by atomic mass is 32.1. The summed E-state index contributed by atoms with van der Waals surface area (Å²) in [5, 5.41) is 0. The molecule has 0 aliphatic rings. The second-order valence-electron chi connectivity index (χ2n) is 2.89. The summed E-state index contributed by atoms with van der Waals surface area (Å²) < 4.78 is 0. The number of rotatable bonds is 1. The van der Waals surface area contributed by atoms with Crippen LogP contribution in [0.3, 0.4) is 0 Å². The van der Waals surface area contributed by atoms with Gasteiger partial charge >= 0.3 is 0 Å². The van der Waals surface area contributed by atoms with Crippen molar-refractivity contribution in [2.24, 2.45) is 0 Å². The first-order valence-corrected chi connectivity index (χ1v) is 4.59. The third-order valence-electron chi connectivity index (χ3n) is 1.96. The lowest BCUT2D eigenvalue weighted by molar-refractivity contribution is 1.47. The lowest BCUT2D eigenvalue weighted by Gasteiger charge is -2.00. The van der Waals surface area contributed by atoms with Gasteiger partial charge in [-0.1, -0.05) is 55.1 Å². The third-order valence-corrected chi connectivity index (χ3v) is 2.23. The van der Waals surface area contributed by atoms with Gasteiger partial charge in [0, 0.05) is 4.90 Å². The number of hydrogen-bond acceptors (Lipinski definition) is 0. The molecule has 2 aromatic rings. The third kappa shape index (κ3) is 1.87. The minimum Gasteiger partial charge on any atom is -0.0801 e. The van der Waals surface area contributed by atoms with E-state index >= 15 is 0 Å². The van der Waals surface area contributed by atoms with Crippen LogP contribution in [0, 0.1) is 0 Å². The van der Waals surface area contributed by atoms with Crippen LogP contribution < -0.4 is 0 Å². The minimum absolute atomic E-state index is 0.889. The molecular weight excluding hydrogens is 176 g/mol. The van der Waals surface area contributed by atoms with Gasteiger partial charge in [-0.25, -0.2) is 0 Å². The Labute approximate surface area is 83.6 Å². The molecule has 0 saturated heterocycles. The first-order chi connectivity index (χ1) is 6.36. The second-order valence-corrected chi connectivity index (χ2v) is 3.36. The topological polar surface area (TPSA) is 0 Å². The van der Waals surface area contributed by atoms with Gasteiger partial charge in [0.05, 0.1) is 0 Å². The Kier molecular flexibility index (Phi) is 2.28. The standard InChI is InChI=1S/C12H9S/c13-12-8-6-11(7-9-12)10-4-2-1-3-5-10/h1-9H. The van der Waals surface area contributed by atoms with Gasteiger partial charge in [0.2, 0.25) is 0 Å². The van der Waals surface area contributed by atoms with Crippen LogP contribution >= 0.6 is 12.6 Å². The summed E-state index contributed by atoms with van der Waals surface area (Å²) in [4.78, 5) is 0.889. The van der Waals surface area contributed by atoms with Crippen LogP contribution in [0.5, 0.6) is 0 Å². The van der Waals surface area contributed by atoms with Gasteiger partial charge in [-0.3, -0.25) is 0 Å². The van der Waals surface area contributed by atoms with Crippen molar-refractivity contribution in [2.45, 2.75) is 4.90 Å². The fourth-order valence-electron chi connectivity index (χ4n) is 1.28. The van der Waals surface area contributed by atoms with E-state index in [4.69, 9.17) is 12.6 Å². The molecule has 1 heteroatoms. The van der Waals surface area contributed by atoms with E-state index in [9.17, 15) is 0 Å². The highest BCUT2D eigenvalue weighted by molar-refractivity contribution is 7.80. The molecule has 63 valence electrons. The van der Waals surface area contributed by atoms with Gasteiger partial charge in [0.25, 0.3) is 0 Å². The van der Waals surface area contributed by atoms with E-state index in [0.29, 0.717) is 0 Å². The maximum Gasteiger partial charge on any atom is 0.0377 e. The average molecular weight is 185 g/mol. The van der Waals surface area contributed by atoms with Gasteiger partial charge in [0.1, 0.15) is 0 Å². The molecular formula is C12H9S. The Balaban J connectivity index is 2.42. The molecule has 0 saturated carbocycles. The highest BCUT2D eigenvalue weighted by Crippen LogP contribution is 2.19. The van der Waals surface area contributed by atoms with E-state index in [1.165, 1.54) is 11.1 Å². The average Bonchev–Trinajstić information content (AvgIpc) is 2.20. The summed E-state index contributed by atoms with van der Waals surface area (Å²) in [5.41, 5.74) is 2.45. The number of benzene rings is 2. The SMILES string of the molecule is [S]c1ccc(-c2ccccc2)cc1. The Morgan fingerprint density at radius 1 is 0.615 bits per heavy atom. The van der Waals surface area contributed by atoms with Crippen molar-refractivity contribution in [1.29, 1.82) is 0 Å². The molecule has 0 spiro atoms. The van der Waals surface area contributed by atoms with Gasteiger partial charge in [-0.05, 0) is 23.3 Å². The van der Waals surface area contributed by atoms with Crippen LogP contribution in [0.4, 0.5) is 0 Å². The van der Waals surface area contributed by atoms with Crippen molar-refractivity contribution in [2.75, 3.05) is 0 Å². The Hall–Kier alpha value is -1.34. The lowest BCUT2D eigenvalue weighted by Crippen LogP contribution is -1.75. The zero-order valence-electron chi connectivity index (χ0n) is 7.10. The van der Waals surface area contributed by atoms with E-state index in [1.807, 2.05) is 30.3 Å². The van der Waals surface area contributed by atoms with Crippen molar-refractivity contribution >= 4 is 12.6 Å². The Bertz CT molecular complexity index is 376. The van der Waals surface area contributed by atoms with Crippen molar-refractivity contribution in [3.05, 3.63) is 54.6 Å². The molecule has 0 fully saturated rings. The smallest absolute Gasteiger partial charge is 0.0377 e. The van der Waals surface area contributed by atoms with Crippen LogP contribution in [0.15, 0.2) is 59.5 Å². The van der Waals surface area contributed by atoms with E-state index in [2.05, 4.69) is 24.3 Å². The van der Waals surface area contributed by atoms with E-state index in [-0.39, 0.29) is 0 Å². The maximum absolute atomic E-state index is 5.02. The Morgan fingerprint density at radius 3 is 1.77 bits per heavy atom. The lowest BCUT2D eigenvalue weighted by atomic mass is 10.1. The van der Waals surface area contributed by atoms with Crippen molar-refractivity contribution < 1.29 is 0 Å². The molecule has 0 aliphatic carbocycles. The largest absolute Gasteiger partial charge is 0.0801 e. The van der Waals surface area contributed by atoms with Gasteiger partial charge < -0.3 is 0 Å². The molecule has 2 aromatic carbocycles. The summed E-state index contributed by atoms with van der Waals surface area (Å²) in [5.74, 6) is 0. The molecule has 0 bridgehead atoms. The highest BCUT2D eigenvalue weighted by Gasteiger charge is 1.94. The summed E-state index contributed by atoms with van der Waals surface area (Å²) in [6.45, 7) is 0. The van der Waals surface area contributed by atoms with Crippen molar-refractivity contribution in [3.63, 3.8) is 0 Å². The predicted octanol–water partition coefficient (Wildman–Crippen LogP) is 3.91. The van der Waals surface area contributed by atoms with E-state index in [0.717, 1.165) is 4.90 Å². The zero-order chi connectivity index (χ0) is 9.10. The van der Waals surface area contributed by atoms with Gasteiger partial charge in [0.15, 0.2) is 0 Å². The van der Waals surface area contributed by atoms with Gasteiger partial charge in [-0.2, -0.15) is 0 Å². The molecule has 2 rings (SSSR count). The Morgan fingerprint density at radius 2 is 1.15 bits per heavy atom. The summed E-state index contributed by atoms with van der Waals surface area (Å²) in [7, 11) is 0. The molecule has 0 aliphatic heterocycles. The quantitative estimate of drug-likeness (QED) is 0.632. The molecule has 0 atom stereocenters. The molecule has 0 unspecified atom stereocenters. The number of hydrogen-bond donors (Lipinski definition) is 0. The molecule has 0 N–H and O–H groups in total. The second kappa shape index (κ2) is 3.58. The normalized spacial score (nSPS) is 9.85. The molecule has 0 heterocycles. The van der Waals surface area contributed by atoms with Crippen LogP contribution in [-0.4, -0.2) is 0 Å². The van der Waals surface area contributed by atoms with Crippen LogP contribution in [0.1, 0.15) is 0 Å². The minimum atomic E-state index is 0.889. The van der Waals surface area contributed by atoms with Crippen molar-refractivity contribution in [3.8, 4) is 11.1 Å². The summed E-state index contributed by atoms with van der Waals surface area (Å²) in [6.07, 6.45) is 0. The maximum atomic E-state index is 5.02. The van der Waals surface area contributed by atoms with E-state index < -0.39 is 0 Å². The fourth-order valence-corrected chi connectivity index (χ4v) is 1.41. The van der Waals surface area contributed by atoms with Crippen LogP contribution in [0.2, 0.25) is 0 Å². The molecule has 1 radical (unpaired) electrons. The molecule has 13 heavy (non-hydrogen) atoms. The van der Waals surface area contributed by atoms with E-state index in [1.54, 1.807) is 0 Å². The first kappa shape index (κ1) is 8.27. The van der Waals surface area contributed by atoms with Crippen LogP contribution in [-0.2, 0) is 0 Å². The monoisotopic (exact) mass is 185 g/mol. The molecule has 0 aromatic heterocycles. The van der Waals surface area contributed by atoms with Gasteiger partial charge in [-0.15, -0.1) is 0 Å². The van der Waals surface area contributed by atoms with Crippen molar-refractivity contribution in [1.82, 2.24) is 0 Å².